The molecule has 0 bridgehead atoms. The Morgan fingerprint density at radius 1 is 0.778 bits per heavy atom. The number of hydrogen-bond acceptors (Lipinski definition) is 2. The summed E-state index contributed by atoms with van der Waals surface area (Å²) in [4.78, 5) is 0. The molecule has 102 valence electrons. The van der Waals surface area contributed by atoms with Crippen LogP contribution in [0.2, 0.25) is 0 Å². The summed E-state index contributed by atoms with van der Waals surface area (Å²) in [6.45, 7) is 4.42. The van der Waals surface area contributed by atoms with E-state index in [1.807, 2.05) is 0 Å². The van der Waals surface area contributed by atoms with Gasteiger partial charge in [-0.05, 0) is 48.9 Å². The standard InChI is InChI=1S/C16H26O2/c1-5-7-9-13-11-16(18-4)14(10-8-6-2)12-15(13)17-3/h11-12H,5-10H2,1-4H3. The van der Waals surface area contributed by atoms with Crippen molar-refractivity contribution in [3.05, 3.63) is 23.3 Å². The topological polar surface area (TPSA) is 18.5 Å². The lowest BCUT2D eigenvalue weighted by Gasteiger charge is -2.14. The molecule has 1 aromatic rings. The second-order valence-electron chi connectivity index (χ2n) is 4.68. The van der Waals surface area contributed by atoms with E-state index < -0.39 is 0 Å². The summed E-state index contributed by atoms with van der Waals surface area (Å²) in [6, 6.07) is 4.30. The second-order valence-corrected chi connectivity index (χ2v) is 4.68. The van der Waals surface area contributed by atoms with E-state index in [1.54, 1.807) is 14.2 Å². The number of unbranched alkanes of at least 4 members (excludes halogenated alkanes) is 2. The molecule has 0 aliphatic carbocycles. The summed E-state index contributed by atoms with van der Waals surface area (Å²) in [5, 5.41) is 0. The maximum absolute atomic E-state index is 5.51. The van der Waals surface area contributed by atoms with Crippen molar-refractivity contribution in [2.45, 2.75) is 52.4 Å². The van der Waals surface area contributed by atoms with Crippen LogP contribution in [0.5, 0.6) is 11.5 Å². The van der Waals surface area contributed by atoms with Crippen LogP contribution in [0.15, 0.2) is 12.1 Å². The molecule has 0 N–H and O–H groups in total. The highest BCUT2D eigenvalue weighted by atomic mass is 16.5. The van der Waals surface area contributed by atoms with Gasteiger partial charge in [-0.2, -0.15) is 0 Å². The third-order valence-electron chi connectivity index (χ3n) is 3.28. The molecule has 0 amide bonds. The van der Waals surface area contributed by atoms with Crippen molar-refractivity contribution in [2.24, 2.45) is 0 Å². The van der Waals surface area contributed by atoms with Crippen LogP contribution in [0.3, 0.4) is 0 Å². The van der Waals surface area contributed by atoms with Gasteiger partial charge in [0.25, 0.3) is 0 Å². The fourth-order valence-electron chi connectivity index (χ4n) is 2.15. The van der Waals surface area contributed by atoms with E-state index >= 15 is 0 Å². The SMILES string of the molecule is CCCCc1cc(OC)c(CCCC)cc1OC. The van der Waals surface area contributed by atoms with Crippen molar-refractivity contribution >= 4 is 0 Å². The minimum absolute atomic E-state index is 1.01. The highest BCUT2D eigenvalue weighted by molar-refractivity contribution is 5.46. The Morgan fingerprint density at radius 3 is 1.44 bits per heavy atom. The van der Waals surface area contributed by atoms with Gasteiger partial charge in [0.2, 0.25) is 0 Å². The molecule has 18 heavy (non-hydrogen) atoms. The average Bonchev–Trinajstić information content (AvgIpc) is 2.42. The lowest BCUT2D eigenvalue weighted by atomic mass is 10.0. The van der Waals surface area contributed by atoms with Gasteiger partial charge in [-0.25, -0.2) is 0 Å². The zero-order valence-corrected chi connectivity index (χ0v) is 12.2. The molecule has 2 nitrogen and oxygen atoms in total. The number of aryl methyl sites for hydroxylation is 2. The van der Waals surface area contributed by atoms with Crippen LogP contribution in [0.4, 0.5) is 0 Å². The van der Waals surface area contributed by atoms with Gasteiger partial charge in [0.1, 0.15) is 11.5 Å². The molecule has 0 saturated heterocycles. The first kappa shape index (κ1) is 14.9. The summed E-state index contributed by atoms with van der Waals surface area (Å²) in [5.41, 5.74) is 2.52. The van der Waals surface area contributed by atoms with Gasteiger partial charge in [-0.15, -0.1) is 0 Å². The van der Waals surface area contributed by atoms with Crippen molar-refractivity contribution in [3.63, 3.8) is 0 Å². The summed E-state index contributed by atoms with van der Waals surface area (Å²) in [5.74, 6) is 2.02. The fourth-order valence-corrected chi connectivity index (χ4v) is 2.15. The molecule has 0 unspecified atom stereocenters. The van der Waals surface area contributed by atoms with E-state index in [4.69, 9.17) is 9.47 Å². The highest BCUT2D eigenvalue weighted by Crippen LogP contribution is 2.31. The maximum atomic E-state index is 5.51. The van der Waals surface area contributed by atoms with Gasteiger partial charge in [-0.1, -0.05) is 26.7 Å². The lowest BCUT2D eigenvalue weighted by Crippen LogP contribution is -1.99. The number of rotatable bonds is 8. The minimum Gasteiger partial charge on any atom is -0.496 e. The van der Waals surface area contributed by atoms with Crippen LogP contribution < -0.4 is 9.47 Å². The number of benzene rings is 1. The smallest absolute Gasteiger partial charge is 0.122 e. The molecule has 2 heteroatoms. The quantitative estimate of drug-likeness (QED) is 0.681. The first-order chi connectivity index (χ1) is 8.76. The summed E-state index contributed by atoms with van der Waals surface area (Å²) < 4.78 is 11.0. The van der Waals surface area contributed by atoms with Gasteiger partial charge < -0.3 is 9.47 Å². The molecule has 0 heterocycles. The molecule has 0 fully saturated rings. The van der Waals surface area contributed by atoms with Gasteiger partial charge in [0, 0.05) is 0 Å². The molecule has 1 aromatic carbocycles. The highest BCUT2D eigenvalue weighted by Gasteiger charge is 2.10. The number of methoxy groups -OCH3 is 2. The van der Waals surface area contributed by atoms with Gasteiger partial charge in [0.05, 0.1) is 14.2 Å². The molecule has 0 saturated carbocycles. The third-order valence-corrected chi connectivity index (χ3v) is 3.28. The Kier molecular flexibility index (Phi) is 6.63. The number of ether oxygens (including phenoxy) is 2. The van der Waals surface area contributed by atoms with Crippen molar-refractivity contribution < 1.29 is 9.47 Å². The predicted molar refractivity (Wildman–Crippen MR) is 76.8 cm³/mol. The van der Waals surface area contributed by atoms with Crippen molar-refractivity contribution in [3.8, 4) is 11.5 Å². The lowest BCUT2D eigenvalue weighted by molar-refractivity contribution is 0.394. The van der Waals surface area contributed by atoms with Crippen LogP contribution in [-0.4, -0.2) is 14.2 Å². The Morgan fingerprint density at radius 2 is 1.17 bits per heavy atom. The van der Waals surface area contributed by atoms with E-state index in [9.17, 15) is 0 Å². The largest absolute Gasteiger partial charge is 0.496 e. The molecule has 0 aromatic heterocycles. The average molecular weight is 250 g/mol. The summed E-state index contributed by atoms with van der Waals surface area (Å²) in [7, 11) is 3.50. The molecule has 1 rings (SSSR count). The molecule has 0 aliphatic heterocycles. The molecule has 0 atom stereocenters. The predicted octanol–water partition coefficient (Wildman–Crippen LogP) is 4.39. The van der Waals surface area contributed by atoms with Crippen LogP contribution in [0.1, 0.15) is 50.7 Å². The van der Waals surface area contributed by atoms with E-state index in [-0.39, 0.29) is 0 Å². The van der Waals surface area contributed by atoms with Crippen LogP contribution in [-0.2, 0) is 12.8 Å². The van der Waals surface area contributed by atoms with E-state index in [1.165, 1.54) is 36.8 Å². The van der Waals surface area contributed by atoms with Crippen molar-refractivity contribution in [2.75, 3.05) is 14.2 Å². The van der Waals surface area contributed by atoms with Crippen LogP contribution in [0.25, 0.3) is 0 Å². The Labute approximate surface area is 111 Å². The second kappa shape index (κ2) is 8.02. The van der Waals surface area contributed by atoms with E-state index in [2.05, 4.69) is 26.0 Å². The zero-order valence-electron chi connectivity index (χ0n) is 12.2. The Bertz CT molecular complexity index is 323. The van der Waals surface area contributed by atoms with Gasteiger partial charge in [-0.3, -0.25) is 0 Å². The normalized spacial score (nSPS) is 10.4. The molecular formula is C16H26O2. The fraction of sp³-hybridized carbons (Fsp3) is 0.625. The molecule has 0 spiro atoms. The molecular weight excluding hydrogens is 224 g/mol. The van der Waals surface area contributed by atoms with Crippen LogP contribution in [0, 0.1) is 0 Å². The zero-order chi connectivity index (χ0) is 13.4. The molecule has 0 radical (unpaired) electrons. The minimum atomic E-state index is 1.01. The first-order valence-electron chi connectivity index (χ1n) is 7.00. The van der Waals surface area contributed by atoms with Crippen molar-refractivity contribution in [1.29, 1.82) is 0 Å². The van der Waals surface area contributed by atoms with Gasteiger partial charge in [0.15, 0.2) is 0 Å². The monoisotopic (exact) mass is 250 g/mol. The summed E-state index contributed by atoms with van der Waals surface area (Å²) >= 11 is 0. The van der Waals surface area contributed by atoms with Crippen LogP contribution >= 0.6 is 0 Å². The third kappa shape index (κ3) is 3.94. The maximum Gasteiger partial charge on any atom is 0.122 e. The number of hydrogen-bond donors (Lipinski definition) is 0. The van der Waals surface area contributed by atoms with E-state index in [0.29, 0.717) is 0 Å². The Hall–Kier alpha value is -1.18. The van der Waals surface area contributed by atoms with Crippen molar-refractivity contribution in [1.82, 2.24) is 0 Å². The Balaban J connectivity index is 2.98. The summed E-state index contributed by atoms with van der Waals surface area (Å²) in [6.07, 6.45) is 6.89. The van der Waals surface area contributed by atoms with Gasteiger partial charge >= 0.3 is 0 Å². The molecule has 0 aliphatic rings. The van der Waals surface area contributed by atoms with E-state index in [0.717, 1.165) is 24.3 Å². The first-order valence-corrected chi connectivity index (χ1v) is 7.00.